The molecule has 170 valence electrons. The Bertz CT molecular complexity index is 1120. The Balaban J connectivity index is 1.60. The zero-order valence-electron chi connectivity index (χ0n) is 18.9. The summed E-state index contributed by atoms with van der Waals surface area (Å²) in [6, 6.07) is 5.90. The number of hydrogen-bond donors (Lipinski definition) is 3. The van der Waals surface area contributed by atoms with E-state index in [0.717, 1.165) is 17.0 Å². The highest BCUT2D eigenvalue weighted by Gasteiger charge is 2.24. The Kier molecular flexibility index (Phi) is 7.05. The van der Waals surface area contributed by atoms with Crippen molar-refractivity contribution in [3.05, 3.63) is 46.3 Å². The van der Waals surface area contributed by atoms with Crippen molar-refractivity contribution in [3.63, 3.8) is 0 Å². The normalized spacial score (nSPS) is 12.4. The van der Waals surface area contributed by atoms with Crippen molar-refractivity contribution in [1.29, 1.82) is 0 Å². The first-order valence-corrected chi connectivity index (χ1v) is 11.2. The van der Waals surface area contributed by atoms with E-state index in [1.54, 1.807) is 31.2 Å². The summed E-state index contributed by atoms with van der Waals surface area (Å²) in [6.45, 7) is 10.0. The van der Waals surface area contributed by atoms with Gasteiger partial charge in [0.1, 0.15) is 6.04 Å². The topological polar surface area (TPSA) is 136 Å². The number of nitrogens with zero attached hydrogens (tertiary/aromatic N) is 3. The van der Waals surface area contributed by atoms with Gasteiger partial charge in [-0.1, -0.05) is 45.0 Å². The minimum Gasteiger partial charge on any atom is -0.350 e. The zero-order chi connectivity index (χ0) is 23.5. The van der Waals surface area contributed by atoms with Crippen molar-refractivity contribution in [2.24, 2.45) is 5.73 Å². The predicted octanol–water partition coefficient (Wildman–Crippen LogP) is 3.06. The van der Waals surface area contributed by atoms with E-state index in [4.69, 9.17) is 10.3 Å². The molecule has 2 heterocycles. The summed E-state index contributed by atoms with van der Waals surface area (Å²) in [6.07, 6.45) is 0.781. The van der Waals surface area contributed by atoms with Gasteiger partial charge in [0, 0.05) is 29.5 Å². The fraction of sp³-hybridized carbons (Fsp3) is 0.409. The van der Waals surface area contributed by atoms with E-state index in [9.17, 15) is 9.59 Å². The van der Waals surface area contributed by atoms with Crippen molar-refractivity contribution in [2.45, 2.75) is 52.5 Å². The fourth-order valence-corrected chi connectivity index (χ4v) is 4.16. The molecule has 3 aromatic rings. The van der Waals surface area contributed by atoms with Crippen LogP contribution in [-0.4, -0.2) is 39.5 Å². The third-order valence-corrected chi connectivity index (χ3v) is 6.11. The van der Waals surface area contributed by atoms with Crippen molar-refractivity contribution in [2.75, 3.05) is 11.9 Å². The second-order valence-corrected chi connectivity index (χ2v) is 9.42. The van der Waals surface area contributed by atoms with E-state index in [1.807, 2.05) is 6.92 Å². The van der Waals surface area contributed by atoms with E-state index in [-0.39, 0.29) is 17.9 Å². The van der Waals surface area contributed by atoms with E-state index >= 15 is 0 Å². The number of anilines is 1. The molecule has 9 nitrogen and oxygen atoms in total. The molecule has 0 fully saturated rings. The van der Waals surface area contributed by atoms with Gasteiger partial charge in [-0.15, -0.1) is 11.3 Å². The standard InChI is InChI=1S/C22H28N6O3S/c1-6-16-17(22(3,4)5)32-21(26-16)27-20(30)15(23)11-24-19(29)14-9-7-8-13(10-14)18-25-12(2)31-28-18/h7-10,15H,6,11,23H2,1-5H3,(H,24,29)(H,26,27,30)/t15-/m0/s1. The van der Waals surface area contributed by atoms with E-state index in [2.05, 4.69) is 46.5 Å². The van der Waals surface area contributed by atoms with E-state index in [1.165, 1.54) is 11.3 Å². The number of carbonyl (C=O) groups is 2. The van der Waals surface area contributed by atoms with Gasteiger partial charge in [-0.3, -0.25) is 9.59 Å². The molecule has 0 aliphatic heterocycles. The van der Waals surface area contributed by atoms with Crippen molar-refractivity contribution in [1.82, 2.24) is 20.4 Å². The summed E-state index contributed by atoms with van der Waals surface area (Å²) in [5.41, 5.74) is 7.96. The molecule has 4 N–H and O–H groups in total. The quantitative estimate of drug-likeness (QED) is 0.497. The molecule has 2 amide bonds. The molecule has 0 saturated heterocycles. The Hall–Kier alpha value is -3.11. The number of nitrogens with one attached hydrogen (secondary N) is 2. The molecule has 0 unspecified atom stereocenters. The van der Waals surface area contributed by atoms with Crippen molar-refractivity contribution in [3.8, 4) is 11.4 Å². The molecule has 0 saturated carbocycles. The van der Waals surface area contributed by atoms with Gasteiger partial charge in [0.25, 0.3) is 5.91 Å². The third-order valence-electron chi connectivity index (χ3n) is 4.67. The van der Waals surface area contributed by atoms with Crippen molar-refractivity contribution >= 4 is 28.3 Å². The van der Waals surface area contributed by atoms with Gasteiger partial charge < -0.3 is 20.9 Å². The maximum Gasteiger partial charge on any atom is 0.251 e. The Labute approximate surface area is 190 Å². The zero-order valence-corrected chi connectivity index (χ0v) is 19.7. The van der Waals surface area contributed by atoms with Crippen LogP contribution in [0.2, 0.25) is 0 Å². The summed E-state index contributed by atoms with van der Waals surface area (Å²) in [4.78, 5) is 34.9. The largest absolute Gasteiger partial charge is 0.350 e. The molecule has 1 aromatic carbocycles. The molecule has 32 heavy (non-hydrogen) atoms. The van der Waals surface area contributed by atoms with Crippen LogP contribution in [0.25, 0.3) is 11.4 Å². The number of amides is 2. The first-order valence-electron chi connectivity index (χ1n) is 10.3. The third kappa shape index (κ3) is 5.57. The molecular weight excluding hydrogens is 428 g/mol. The summed E-state index contributed by atoms with van der Waals surface area (Å²) in [7, 11) is 0. The summed E-state index contributed by atoms with van der Waals surface area (Å²) < 4.78 is 4.98. The van der Waals surface area contributed by atoms with Crippen molar-refractivity contribution < 1.29 is 14.1 Å². The second-order valence-electron chi connectivity index (χ2n) is 8.42. The molecule has 0 radical (unpaired) electrons. The Morgan fingerprint density at radius 1 is 1.25 bits per heavy atom. The molecule has 0 aliphatic rings. The molecule has 0 spiro atoms. The molecule has 10 heteroatoms. The molecular formula is C22H28N6O3S. The van der Waals surface area contributed by atoms with E-state index < -0.39 is 11.9 Å². The average molecular weight is 457 g/mol. The molecule has 1 atom stereocenters. The smallest absolute Gasteiger partial charge is 0.251 e. The van der Waals surface area contributed by atoms with Crippen LogP contribution in [0.1, 0.15) is 54.5 Å². The van der Waals surface area contributed by atoms with Gasteiger partial charge in [0.2, 0.25) is 17.6 Å². The van der Waals surface area contributed by atoms with Gasteiger partial charge in [0.05, 0.1) is 5.69 Å². The lowest BCUT2D eigenvalue weighted by Gasteiger charge is -2.17. The summed E-state index contributed by atoms with van der Waals surface area (Å²) in [5, 5.41) is 9.84. The number of rotatable bonds is 7. The van der Waals surface area contributed by atoms with Crippen LogP contribution in [-0.2, 0) is 16.6 Å². The lowest BCUT2D eigenvalue weighted by atomic mass is 9.93. The number of aromatic nitrogens is 3. The van der Waals surface area contributed by atoms with Gasteiger partial charge in [-0.2, -0.15) is 4.98 Å². The lowest BCUT2D eigenvalue weighted by molar-refractivity contribution is -0.117. The molecule has 2 aromatic heterocycles. The van der Waals surface area contributed by atoms with Crippen LogP contribution in [0.3, 0.4) is 0 Å². The Morgan fingerprint density at radius 2 is 2.00 bits per heavy atom. The first-order chi connectivity index (χ1) is 15.1. The lowest BCUT2D eigenvalue weighted by Crippen LogP contribution is -2.45. The first kappa shape index (κ1) is 23.6. The SMILES string of the molecule is CCc1nc(NC(=O)[C@@H](N)CNC(=O)c2cccc(-c3noc(C)n3)c2)sc1C(C)(C)C. The Morgan fingerprint density at radius 3 is 2.59 bits per heavy atom. The highest BCUT2D eigenvalue weighted by molar-refractivity contribution is 7.16. The predicted molar refractivity (Wildman–Crippen MR) is 124 cm³/mol. The van der Waals surface area contributed by atoms with Gasteiger partial charge in [0.15, 0.2) is 5.13 Å². The van der Waals surface area contributed by atoms with Gasteiger partial charge >= 0.3 is 0 Å². The summed E-state index contributed by atoms with van der Waals surface area (Å²) in [5.74, 6) is 0.0801. The molecule has 0 aliphatic carbocycles. The second kappa shape index (κ2) is 9.58. The van der Waals surface area contributed by atoms with E-state index in [0.29, 0.717) is 28.0 Å². The highest BCUT2D eigenvalue weighted by Crippen LogP contribution is 2.34. The number of thiazole rings is 1. The number of benzene rings is 1. The van der Waals surface area contributed by atoms with Gasteiger partial charge in [-0.05, 0) is 24.0 Å². The number of nitrogens with two attached hydrogens (primary N) is 1. The number of aryl methyl sites for hydroxylation is 2. The number of hydrogen-bond acceptors (Lipinski definition) is 8. The minimum absolute atomic E-state index is 0.0195. The van der Waals surface area contributed by atoms with Crippen LogP contribution >= 0.6 is 11.3 Å². The molecule has 3 rings (SSSR count). The summed E-state index contributed by atoms with van der Waals surface area (Å²) >= 11 is 1.45. The van der Waals surface area contributed by atoms with Crippen LogP contribution in [0, 0.1) is 6.92 Å². The van der Waals surface area contributed by atoms with Crippen LogP contribution in [0.4, 0.5) is 5.13 Å². The number of carbonyl (C=O) groups excluding carboxylic acids is 2. The maximum absolute atomic E-state index is 12.5. The van der Waals surface area contributed by atoms with Crippen LogP contribution in [0.15, 0.2) is 28.8 Å². The van der Waals surface area contributed by atoms with Crippen LogP contribution in [0.5, 0.6) is 0 Å². The minimum atomic E-state index is -0.922. The fourth-order valence-electron chi connectivity index (χ4n) is 3.04. The van der Waals surface area contributed by atoms with Crippen LogP contribution < -0.4 is 16.4 Å². The molecule has 0 bridgehead atoms. The average Bonchev–Trinajstić information content (AvgIpc) is 3.37. The van der Waals surface area contributed by atoms with Gasteiger partial charge in [-0.25, -0.2) is 4.98 Å². The highest BCUT2D eigenvalue weighted by atomic mass is 32.1. The maximum atomic E-state index is 12.5. The monoisotopic (exact) mass is 456 g/mol.